The Bertz CT molecular complexity index is 424. The van der Waals surface area contributed by atoms with Crippen molar-refractivity contribution in [2.75, 3.05) is 6.61 Å². The van der Waals surface area contributed by atoms with Gasteiger partial charge in [-0.05, 0) is 42.4 Å². The number of aryl methyl sites for hydroxylation is 1. The minimum atomic E-state index is 0.0929. The van der Waals surface area contributed by atoms with Crippen molar-refractivity contribution in [2.45, 2.75) is 52.4 Å². The molecule has 0 saturated heterocycles. The Kier molecular flexibility index (Phi) is 5.22. The molecule has 0 saturated carbocycles. The van der Waals surface area contributed by atoms with Crippen molar-refractivity contribution >= 4 is 0 Å². The summed E-state index contributed by atoms with van der Waals surface area (Å²) in [7, 11) is 0. The summed E-state index contributed by atoms with van der Waals surface area (Å²) in [6, 6.07) is 8.54. The summed E-state index contributed by atoms with van der Waals surface area (Å²) in [6.45, 7) is 9.35. The van der Waals surface area contributed by atoms with E-state index in [9.17, 15) is 0 Å². The Hall–Kier alpha value is -1.49. The molecule has 1 rings (SSSR count). The summed E-state index contributed by atoms with van der Waals surface area (Å²) in [5.41, 5.74) is 2.55. The van der Waals surface area contributed by atoms with E-state index >= 15 is 0 Å². The van der Waals surface area contributed by atoms with Crippen molar-refractivity contribution in [1.29, 1.82) is 5.26 Å². The topological polar surface area (TPSA) is 33.0 Å². The van der Waals surface area contributed by atoms with Gasteiger partial charge in [-0.25, -0.2) is 0 Å². The molecule has 0 atom stereocenters. The fourth-order valence-corrected chi connectivity index (χ4v) is 1.86. The molecule has 2 heteroatoms. The van der Waals surface area contributed by atoms with Gasteiger partial charge in [-0.15, -0.1) is 0 Å². The van der Waals surface area contributed by atoms with Gasteiger partial charge in [0.15, 0.2) is 0 Å². The molecule has 0 fully saturated rings. The Morgan fingerprint density at radius 1 is 1.22 bits per heavy atom. The molecule has 0 aliphatic carbocycles. The van der Waals surface area contributed by atoms with E-state index in [-0.39, 0.29) is 5.41 Å². The molecule has 1 aromatic rings. The van der Waals surface area contributed by atoms with Crippen LogP contribution in [0.2, 0.25) is 0 Å². The van der Waals surface area contributed by atoms with Gasteiger partial charge in [-0.3, -0.25) is 0 Å². The molecule has 1 aromatic carbocycles. The first-order valence-corrected chi connectivity index (χ1v) is 6.56. The second-order valence-corrected chi connectivity index (χ2v) is 5.71. The lowest BCUT2D eigenvalue weighted by Crippen LogP contribution is -2.14. The highest BCUT2D eigenvalue weighted by molar-refractivity contribution is 5.41. The molecule has 0 bridgehead atoms. The maximum absolute atomic E-state index is 8.48. The summed E-state index contributed by atoms with van der Waals surface area (Å²) < 4.78 is 5.88. The van der Waals surface area contributed by atoms with Crippen LogP contribution < -0.4 is 4.74 Å². The van der Waals surface area contributed by atoms with Crippen molar-refractivity contribution in [3.63, 3.8) is 0 Å². The molecule has 18 heavy (non-hydrogen) atoms. The zero-order valence-corrected chi connectivity index (χ0v) is 11.9. The Morgan fingerprint density at radius 3 is 2.56 bits per heavy atom. The van der Waals surface area contributed by atoms with E-state index < -0.39 is 0 Å². The maximum Gasteiger partial charge on any atom is 0.123 e. The summed E-state index contributed by atoms with van der Waals surface area (Å²) in [6.07, 6.45) is 2.46. The van der Waals surface area contributed by atoms with Crippen LogP contribution in [0.15, 0.2) is 18.2 Å². The molecule has 0 spiro atoms. The van der Waals surface area contributed by atoms with Crippen molar-refractivity contribution < 1.29 is 4.74 Å². The van der Waals surface area contributed by atoms with Gasteiger partial charge in [0.05, 0.1) is 12.7 Å². The highest BCUT2D eigenvalue weighted by Gasteiger charge is 2.18. The Labute approximate surface area is 111 Å². The predicted molar refractivity (Wildman–Crippen MR) is 74.8 cm³/mol. The molecule has 0 radical (unpaired) electrons. The second-order valence-electron chi connectivity index (χ2n) is 5.71. The molecule has 0 unspecified atom stereocenters. The van der Waals surface area contributed by atoms with Gasteiger partial charge in [-0.1, -0.05) is 32.9 Å². The summed E-state index contributed by atoms with van der Waals surface area (Å²) in [4.78, 5) is 0. The largest absolute Gasteiger partial charge is 0.493 e. The van der Waals surface area contributed by atoms with Gasteiger partial charge in [-0.2, -0.15) is 5.26 Å². The first kappa shape index (κ1) is 14.6. The van der Waals surface area contributed by atoms with Gasteiger partial charge in [0.25, 0.3) is 0 Å². The third kappa shape index (κ3) is 4.41. The maximum atomic E-state index is 8.48. The van der Waals surface area contributed by atoms with Crippen LogP contribution in [0.1, 0.15) is 51.2 Å². The van der Waals surface area contributed by atoms with E-state index in [0.717, 1.165) is 18.6 Å². The van der Waals surface area contributed by atoms with Crippen LogP contribution in [-0.4, -0.2) is 6.61 Å². The lowest BCUT2D eigenvalue weighted by Gasteiger charge is -2.23. The lowest BCUT2D eigenvalue weighted by atomic mass is 9.86. The molecule has 0 aliphatic heterocycles. The number of unbranched alkanes of at least 4 members (excludes halogenated alkanes) is 2. The third-order valence-electron chi connectivity index (χ3n) is 2.89. The quantitative estimate of drug-likeness (QED) is 0.722. The summed E-state index contributed by atoms with van der Waals surface area (Å²) >= 11 is 0. The highest BCUT2D eigenvalue weighted by atomic mass is 16.5. The predicted octanol–water partition coefficient (Wildman–Crippen LogP) is 4.37. The summed E-state index contributed by atoms with van der Waals surface area (Å²) in [5.74, 6) is 0.986. The number of nitrogens with zero attached hydrogens (tertiary/aromatic N) is 1. The summed E-state index contributed by atoms with van der Waals surface area (Å²) in [5, 5.41) is 8.48. The van der Waals surface area contributed by atoms with Gasteiger partial charge in [0.2, 0.25) is 0 Å². The van der Waals surface area contributed by atoms with Crippen LogP contribution in [0.4, 0.5) is 0 Å². The number of rotatable bonds is 5. The molecule has 0 N–H and O–H groups in total. The number of hydrogen-bond acceptors (Lipinski definition) is 2. The van der Waals surface area contributed by atoms with Crippen molar-refractivity contribution in [1.82, 2.24) is 0 Å². The molecule has 0 aliphatic rings. The average Bonchev–Trinajstić information content (AvgIpc) is 2.27. The Morgan fingerprint density at radius 2 is 1.94 bits per heavy atom. The van der Waals surface area contributed by atoms with E-state index in [4.69, 9.17) is 10.00 Å². The van der Waals surface area contributed by atoms with Gasteiger partial charge in [0, 0.05) is 6.42 Å². The van der Waals surface area contributed by atoms with Gasteiger partial charge < -0.3 is 4.74 Å². The fraction of sp³-hybridized carbons (Fsp3) is 0.562. The van der Waals surface area contributed by atoms with Crippen LogP contribution in [0.3, 0.4) is 0 Å². The normalized spacial score (nSPS) is 11.1. The van der Waals surface area contributed by atoms with E-state index in [1.807, 2.05) is 0 Å². The molecular formula is C16H23NO. The molecule has 0 heterocycles. The van der Waals surface area contributed by atoms with E-state index in [0.29, 0.717) is 13.0 Å². The number of benzene rings is 1. The van der Waals surface area contributed by atoms with Gasteiger partial charge in [0.1, 0.15) is 5.75 Å². The van der Waals surface area contributed by atoms with Crippen LogP contribution in [0.5, 0.6) is 5.75 Å². The lowest BCUT2D eigenvalue weighted by molar-refractivity contribution is 0.299. The molecule has 0 amide bonds. The minimum absolute atomic E-state index is 0.0929. The number of nitriles is 1. The average molecular weight is 245 g/mol. The van der Waals surface area contributed by atoms with E-state index in [1.165, 1.54) is 11.1 Å². The number of hydrogen-bond donors (Lipinski definition) is 0. The van der Waals surface area contributed by atoms with Gasteiger partial charge >= 0.3 is 0 Å². The van der Waals surface area contributed by atoms with Crippen LogP contribution in [0.25, 0.3) is 0 Å². The van der Waals surface area contributed by atoms with Crippen LogP contribution in [0, 0.1) is 18.3 Å². The van der Waals surface area contributed by atoms with Crippen molar-refractivity contribution in [3.05, 3.63) is 29.3 Å². The van der Waals surface area contributed by atoms with Crippen molar-refractivity contribution in [2.24, 2.45) is 0 Å². The first-order valence-electron chi connectivity index (χ1n) is 6.56. The Balaban J connectivity index is 2.69. The zero-order chi connectivity index (χ0) is 13.6. The molecular weight excluding hydrogens is 222 g/mol. The highest BCUT2D eigenvalue weighted by Crippen LogP contribution is 2.32. The molecule has 0 aromatic heterocycles. The van der Waals surface area contributed by atoms with Crippen LogP contribution in [-0.2, 0) is 5.41 Å². The fourth-order valence-electron chi connectivity index (χ4n) is 1.86. The number of ether oxygens (including phenoxy) is 1. The minimum Gasteiger partial charge on any atom is -0.493 e. The molecule has 98 valence electrons. The SMILES string of the molecule is Cc1ccc(C(C)(C)C)c(OCCCCC#N)c1. The second kappa shape index (κ2) is 6.44. The first-order chi connectivity index (χ1) is 8.45. The van der Waals surface area contributed by atoms with E-state index in [1.54, 1.807) is 0 Å². The molecule has 2 nitrogen and oxygen atoms in total. The van der Waals surface area contributed by atoms with Crippen molar-refractivity contribution in [3.8, 4) is 11.8 Å². The van der Waals surface area contributed by atoms with E-state index in [2.05, 4.69) is 52.0 Å². The smallest absolute Gasteiger partial charge is 0.123 e. The standard InChI is InChI=1S/C16H23NO/c1-13-8-9-14(16(2,3)4)15(12-13)18-11-7-5-6-10-17/h8-9,12H,5-7,11H2,1-4H3. The monoisotopic (exact) mass is 245 g/mol. The van der Waals surface area contributed by atoms with Crippen LogP contribution >= 0.6 is 0 Å². The third-order valence-corrected chi connectivity index (χ3v) is 2.89. The zero-order valence-electron chi connectivity index (χ0n) is 11.9.